The van der Waals surface area contributed by atoms with Crippen LogP contribution in [0.3, 0.4) is 0 Å². The topological polar surface area (TPSA) is 38.8 Å². The third-order valence-corrected chi connectivity index (χ3v) is 3.92. The van der Waals surface area contributed by atoms with Gasteiger partial charge in [-0.05, 0) is 26.0 Å². The van der Waals surface area contributed by atoms with Crippen LogP contribution in [0.4, 0.5) is 0 Å². The third-order valence-electron chi connectivity index (χ3n) is 3.12. The van der Waals surface area contributed by atoms with Crippen molar-refractivity contribution in [3.05, 3.63) is 28.2 Å². The van der Waals surface area contributed by atoms with Crippen molar-refractivity contribution in [2.45, 2.75) is 26.1 Å². The highest BCUT2D eigenvalue weighted by molar-refractivity contribution is 6.42. The number of rotatable bonds is 3. The van der Waals surface area contributed by atoms with Crippen LogP contribution in [0, 0.1) is 0 Å². The van der Waals surface area contributed by atoms with E-state index in [4.69, 9.17) is 32.7 Å². The summed E-state index contributed by atoms with van der Waals surface area (Å²) in [4.78, 5) is 14.1. The highest BCUT2D eigenvalue weighted by Crippen LogP contribution is 2.32. The Hall–Kier alpha value is -0.970. The molecule has 110 valence electrons. The van der Waals surface area contributed by atoms with Crippen LogP contribution in [0.2, 0.25) is 10.0 Å². The minimum Gasteiger partial charge on any atom is -0.479 e. The molecular weight excluding hydrogens is 301 g/mol. The van der Waals surface area contributed by atoms with Gasteiger partial charge in [0.1, 0.15) is 10.8 Å². The first-order chi connectivity index (χ1) is 9.49. The Morgan fingerprint density at radius 2 is 2.25 bits per heavy atom. The van der Waals surface area contributed by atoms with Crippen molar-refractivity contribution in [2.75, 3.05) is 19.7 Å². The zero-order valence-corrected chi connectivity index (χ0v) is 12.9. The lowest BCUT2D eigenvalue weighted by Crippen LogP contribution is -2.49. The van der Waals surface area contributed by atoms with Crippen LogP contribution in [-0.2, 0) is 9.53 Å². The van der Waals surface area contributed by atoms with Crippen LogP contribution in [0.5, 0.6) is 5.75 Å². The lowest BCUT2D eigenvalue weighted by molar-refractivity contribution is -0.144. The van der Waals surface area contributed by atoms with E-state index < -0.39 is 6.10 Å². The SMILES string of the molecule is CC1CN(C(=O)C(C)Oc2cccc(Cl)c2Cl)CCO1. The van der Waals surface area contributed by atoms with Crippen molar-refractivity contribution in [1.29, 1.82) is 0 Å². The number of hydrogen-bond acceptors (Lipinski definition) is 3. The second kappa shape index (κ2) is 6.66. The summed E-state index contributed by atoms with van der Waals surface area (Å²) in [5.41, 5.74) is 0. The molecule has 1 aliphatic rings. The second-order valence-electron chi connectivity index (χ2n) is 4.78. The molecule has 1 saturated heterocycles. The number of hydrogen-bond donors (Lipinski definition) is 0. The van der Waals surface area contributed by atoms with Crippen LogP contribution in [-0.4, -0.2) is 42.7 Å². The summed E-state index contributed by atoms with van der Waals surface area (Å²) in [6.07, 6.45) is -0.564. The number of amides is 1. The molecule has 0 aromatic heterocycles. The molecule has 4 nitrogen and oxygen atoms in total. The average Bonchev–Trinajstić information content (AvgIpc) is 2.43. The molecule has 1 aromatic carbocycles. The van der Waals surface area contributed by atoms with Gasteiger partial charge < -0.3 is 14.4 Å². The molecule has 6 heteroatoms. The van der Waals surface area contributed by atoms with Crippen LogP contribution in [0.15, 0.2) is 18.2 Å². The molecule has 0 spiro atoms. The largest absolute Gasteiger partial charge is 0.479 e. The van der Waals surface area contributed by atoms with Crippen LogP contribution < -0.4 is 4.74 Å². The van der Waals surface area contributed by atoms with Gasteiger partial charge in [0.15, 0.2) is 6.10 Å². The fourth-order valence-corrected chi connectivity index (χ4v) is 2.43. The third kappa shape index (κ3) is 3.57. The number of carbonyl (C=O) groups is 1. The number of ether oxygens (including phenoxy) is 2. The number of carbonyl (C=O) groups excluding carboxylic acids is 1. The predicted octanol–water partition coefficient (Wildman–Crippen LogP) is 3.01. The summed E-state index contributed by atoms with van der Waals surface area (Å²) < 4.78 is 11.0. The minimum absolute atomic E-state index is 0.0506. The van der Waals surface area contributed by atoms with E-state index >= 15 is 0 Å². The number of nitrogens with zero attached hydrogens (tertiary/aromatic N) is 1. The Balaban J connectivity index is 2.02. The van der Waals surface area contributed by atoms with E-state index in [-0.39, 0.29) is 12.0 Å². The van der Waals surface area contributed by atoms with Crippen molar-refractivity contribution in [3.8, 4) is 5.75 Å². The van der Waals surface area contributed by atoms with Crippen LogP contribution >= 0.6 is 23.2 Å². The fraction of sp³-hybridized carbons (Fsp3) is 0.500. The second-order valence-corrected chi connectivity index (χ2v) is 5.56. The molecule has 1 aliphatic heterocycles. The Bertz CT molecular complexity index is 495. The molecule has 2 rings (SSSR count). The zero-order chi connectivity index (χ0) is 14.7. The van der Waals surface area contributed by atoms with Gasteiger partial charge >= 0.3 is 0 Å². The molecule has 0 saturated carbocycles. The lowest BCUT2D eigenvalue weighted by atomic mass is 10.2. The van der Waals surface area contributed by atoms with Gasteiger partial charge in [-0.2, -0.15) is 0 Å². The van der Waals surface area contributed by atoms with Crippen molar-refractivity contribution >= 4 is 29.1 Å². The standard InChI is InChI=1S/C14H17Cl2NO3/c1-9-8-17(6-7-19-9)14(18)10(2)20-12-5-3-4-11(15)13(12)16/h3-5,9-10H,6-8H2,1-2H3. The van der Waals surface area contributed by atoms with Gasteiger partial charge in [-0.25, -0.2) is 0 Å². The highest BCUT2D eigenvalue weighted by atomic mass is 35.5. The minimum atomic E-state index is -0.615. The lowest BCUT2D eigenvalue weighted by Gasteiger charge is -2.32. The molecule has 0 aliphatic carbocycles. The molecule has 2 unspecified atom stereocenters. The number of halogens is 2. The van der Waals surface area contributed by atoms with Gasteiger partial charge in [0.05, 0.1) is 17.7 Å². The predicted molar refractivity (Wildman–Crippen MR) is 78.5 cm³/mol. The quantitative estimate of drug-likeness (QED) is 0.860. The summed E-state index contributed by atoms with van der Waals surface area (Å²) in [5.74, 6) is 0.345. The van der Waals surface area contributed by atoms with Gasteiger partial charge in [0.2, 0.25) is 0 Å². The van der Waals surface area contributed by atoms with E-state index in [0.717, 1.165) is 0 Å². The molecular formula is C14H17Cl2NO3. The van der Waals surface area contributed by atoms with Gasteiger partial charge in [-0.15, -0.1) is 0 Å². The number of morpholine rings is 1. The maximum absolute atomic E-state index is 12.3. The van der Waals surface area contributed by atoms with E-state index in [1.165, 1.54) is 0 Å². The molecule has 0 radical (unpaired) electrons. The van der Waals surface area contributed by atoms with E-state index in [9.17, 15) is 4.79 Å². The van der Waals surface area contributed by atoms with Crippen molar-refractivity contribution in [3.63, 3.8) is 0 Å². The van der Waals surface area contributed by atoms with Crippen molar-refractivity contribution in [1.82, 2.24) is 4.90 Å². The Kier molecular flexibility index (Phi) is 5.13. The molecule has 1 amide bonds. The Morgan fingerprint density at radius 3 is 2.95 bits per heavy atom. The van der Waals surface area contributed by atoms with E-state index in [1.54, 1.807) is 30.0 Å². The molecule has 1 heterocycles. The van der Waals surface area contributed by atoms with Crippen molar-refractivity contribution in [2.24, 2.45) is 0 Å². The highest BCUT2D eigenvalue weighted by Gasteiger charge is 2.27. The molecule has 2 atom stereocenters. The van der Waals surface area contributed by atoms with Crippen LogP contribution in [0.25, 0.3) is 0 Å². The van der Waals surface area contributed by atoms with E-state index in [2.05, 4.69) is 0 Å². The summed E-state index contributed by atoms with van der Waals surface area (Å²) in [6.45, 7) is 5.37. The smallest absolute Gasteiger partial charge is 0.263 e. The first kappa shape index (κ1) is 15.4. The molecule has 0 bridgehead atoms. The molecule has 20 heavy (non-hydrogen) atoms. The summed E-state index contributed by atoms with van der Waals surface area (Å²) in [5, 5.41) is 0.730. The fourth-order valence-electron chi connectivity index (χ4n) is 2.09. The summed E-state index contributed by atoms with van der Waals surface area (Å²) in [7, 11) is 0. The Labute approximate surface area is 128 Å². The van der Waals surface area contributed by atoms with E-state index in [1.807, 2.05) is 6.92 Å². The monoisotopic (exact) mass is 317 g/mol. The summed E-state index contributed by atoms with van der Waals surface area (Å²) >= 11 is 12.0. The number of benzene rings is 1. The normalized spacial score (nSPS) is 20.6. The molecule has 0 N–H and O–H groups in total. The maximum atomic E-state index is 12.3. The van der Waals surface area contributed by atoms with Crippen molar-refractivity contribution < 1.29 is 14.3 Å². The Morgan fingerprint density at radius 1 is 1.50 bits per heavy atom. The average molecular weight is 318 g/mol. The first-order valence-electron chi connectivity index (χ1n) is 6.50. The van der Waals surface area contributed by atoms with Gasteiger partial charge in [-0.1, -0.05) is 29.3 Å². The molecule has 1 fully saturated rings. The first-order valence-corrected chi connectivity index (χ1v) is 7.25. The maximum Gasteiger partial charge on any atom is 0.263 e. The summed E-state index contributed by atoms with van der Waals surface area (Å²) in [6, 6.07) is 5.10. The van der Waals surface area contributed by atoms with Crippen LogP contribution in [0.1, 0.15) is 13.8 Å². The molecule has 1 aromatic rings. The van der Waals surface area contributed by atoms with E-state index in [0.29, 0.717) is 35.5 Å². The van der Waals surface area contributed by atoms with Gasteiger partial charge in [0.25, 0.3) is 5.91 Å². The van der Waals surface area contributed by atoms with Gasteiger partial charge in [0, 0.05) is 13.1 Å². The van der Waals surface area contributed by atoms with Gasteiger partial charge in [-0.3, -0.25) is 4.79 Å². The zero-order valence-electron chi connectivity index (χ0n) is 11.4.